The maximum atomic E-state index is 4.24. The van der Waals surface area contributed by atoms with E-state index in [1.165, 1.54) is 0 Å². The van der Waals surface area contributed by atoms with Gasteiger partial charge in [-0.1, -0.05) is 6.07 Å². The summed E-state index contributed by atoms with van der Waals surface area (Å²) in [5.74, 6) is 0. The second-order valence-electron chi connectivity index (χ2n) is 2.51. The summed E-state index contributed by atoms with van der Waals surface area (Å²) in [5.41, 5.74) is 1.12. The van der Waals surface area contributed by atoms with Gasteiger partial charge in [0.15, 0.2) is 0 Å². The Bertz CT molecular complexity index is 392. The van der Waals surface area contributed by atoms with E-state index in [9.17, 15) is 0 Å². The van der Waals surface area contributed by atoms with Crippen molar-refractivity contribution in [3.8, 4) is 0 Å². The Morgan fingerprint density at radius 1 is 1.45 bits per heavy atom. The molecule has 0 N–H and O–H groups in total. The van der Waals surface area contributed by atoms with Crippen LogP contribution in [0.25, 0.3) is 10.9 Å². The predicted octanol–water partition coefficient (Wildman–Crippen LogP) is 1.86. The molecule has 11 heavy (non-hydrogen) atoms. The van der Waals surface area contributed by atoms with Crippen molar-refractivity contribution in [3.63, 3.8) is 0 Å². The highest BCUT2D eigenvalue weighted by Gasteiger charge is 1.97. The van der Waals surface area contributed by atoms with Crippen LogP contribution in [0.3, 0.4) is 0 Å². The molecule has 0 aliphatic heterocycles. The molecule has 0 saturated heterocycles. The second-order valence-corrected chi connectivity index (χ2v) is 3.03. The van der Waals surface area contributed by atoms with Crippen LogP contribution in [0, 0.1) is 0 Å². The number of benzene rings is 1. The van der Waals surface area contributed by atoms with Crippen molar-refractivity contribution < 1.29 is 0 Å². The van der Waals surface area contributed by atoms with Gasteiger partial charge in [-0.05, 0) is 12.1 Å². The first-order chi connectivity index (χ1) is 5.27. The Morgan fingerprint density at radius 2 is 2.27 bits per heavy atom. The maximum absolute atomic E-state index is 4.24. The minimum absolute atomic E-state index is 0.973. The van der Waals surface area contributed by atoms with Crippen LogP contribution in [0.4, 0.5) is 0 Å². The Kier molecular flexibility index (Phi) is 1.39. The Hall–Kier alpha value is -0.960. The third-order valence-corrected chi connectivity index (χ3v) is 2.01. The smallest absolute Gasteiger partial charge is 0.0690 e. The lowest BCUT2D eigenvalue weighted by molar-refractivity contribution is 0.796. The summed E-state index contributed by atoms with van der Waals surface area (Å²) < 4.78 is 1.84. The van der Waals surface area contributed by atoms with Gasteiger partial charge >= 0.3 is 0 Å². The van der Waals surface area contributed by atoms with Gasteiger partial charge in [-0.2, -0.15) is 5.10 Å². The summed E-state index contributed by atoms with van der Waals surface area (Å²) in [6.45, 7) is 0. The van der Waals surface area contributed by atoms with Gasteiger partial charge in [-0.15, -0.1) is 12.6 Å². The number of hydrogen-bond acceptors (Lipinski definition) is 2. The van der Waals surface area contributed by atoms with Crippen LogP contribution < -0.4 is 0 Å². The lowest BCUT2D eigenvalue weighted by atomic mass is 10.3. The number of aromatic nitrogens is 2. The highest BCUT2D eigenvalue weighted by atomic mass is 32.1. The molecule has 0 spiro atoms. The second kappa shape index (κ2) is 2.27. The number of fused-ring (bicyclic) bond motifs is 1. The fourth-order valence-corrected chi connectivity index (χ4v) is 1.33. The van der Waals surface area contributed by atoms with Crippen molar-refractivity contribution in [2.45, 2.75) is 4.90 Å². The third-order valence-electron chi connectivity index (χ3n) is 1.73. The van der Waals surface area contributed by atoms with Gasteiger partial charge in [-0.3, -0.25) is 4.68 Å². The lowest BCUT2D eigenvalue weighted by Gasteiger charge is -1.93. The van der Waals surface area contributed by atoms with E-state index < -0.39 is 0 Å². The zero-order valence-corrected chi connectivity index (χ0v) is 7.05. The summed E-state index contributed by atoms with van der Waals surface area (Å²) in [5, 5.41) is 5.28. The van der Waals surface area contributed by atoms with Crippen LogP contribution in [0.2, 0.25) is 0 Å². The van der Waals surface area contributed by atoms with Crippen LogP contribution in [0.15, 0.2) is 29.3 Å². The number of nitrogens with zero attached hydrogens (tertiary/aromatic N) is 2. The monoisotopic (exact) mass is 164 g/mol. The summed E-state index contributed by atoms with van der Waals surface area (Å²) in [6, 6.07) is 5.99. The minimum Gasteiger partial charge on any atom is -0.268 e. The maximum Gasteiger partial charge on any atom is 0.0690 e. The van der Waals surface area contributed by atoms with E-state index >= 15 is 0 Å². The van der Waals surface area contributed by atoms with E-state index in [0.29, 0.717) is 0 Å². The quantitative estimate of drug-likeness (QED) is 0.588. The van der Waals surface area contributed by atoms with Crippen LogP contribution in [0.5, 0.6) is 0 Å². The number of hydrogen-bond donors (Lipinski definition) is 1. The molecule has 3 heteroatoms. The molecule has 56 valence electrons. The molecule has 1 aromatic heterocycles. The highest BCUT2D eigenvalue weighted by Crippen LogP contribution is 2.16. The molecule has 0 bridgehead atoms. The minimum atomic E-state index is 0.973. The molecule has 0 fully saturated rings. The molecule has 0 atom stereocenters. The lowest BCUT2D eigenvalue weighted by Crippen LogP contribution is -1.87. The first-order valence-corrected chi connectivity index (χ1v) is 3.83. The van der Waals surface area contributed by atoms with Crippen LogP contribution in [0.1, 0.15) is 0 Å². The first-order valence-electron chi connectivity index (χ1n) is 3.38. The van der Waals surface area contributed by atoms with Gasteiger partial charge in [-0.25, -0.2) is 0 Å². The standard InChI is InChI=1S/C8H8N2S/c1-10-8-4-7(11)3-2-6(8)5-9-10/h2-5,11H,1H3. The Morgan fingerprint density at radius 3 is 3.09 bits per heavy atom. The van der Waals surface area contributed by atoms with Gasteiger partial charge in [0.05, 0.1) is 11.7 Å². The van der Waals surface area contributed by atoms with Gasteiger partial charge in [0, 0.05) is 17.3 Å². The number of thiol groups is 1. The normalized spacial score (nSPS) is 10.7. The molecule has 0 saturated carbocycles. The molecule has 0 aliphatic carbocycles. The molecule has 0 unspecified atom stereocenters. The zero-order chi connectivity index (χ0) is 7.84. The molecule has 2 nitrogen and oxygen atoms in total. The third kappa shape index (κ3) is 1.01. The van der Waals surface area contributed by atoms with Gasteiger partial charge in [0.1, 0.15) is 0 Å². The van der Waals surface area contributed by atoms with Crippen molar-refractivity contribution >= 4 is 23.5 Å². The largest absolute Gasteiger partial charge is 0.268 e. The van der Waals surface area contributed by atoms with E-state index in [-0.39, 0.29) is 0 Å². The van der Waals surface area contributed by atoms with E-state index in [4.69, 9.17) is 0 Å². The van der Waals surface area contributed by atoms with Crippen molar-refractivity contribution in [2.24, 2.45) is 7.05 Å². The summed E-state index contributed by atoms with van der Waals surface area (Å²) in [7, 11) is 1.93. The predicted molar refractivity (Wildman–Crippen MR) is 48.0 cm³/mol. The van der Waals surface area contributed by atoms with Gasteiger partial charge in [0.2, 0.25) is 0 Å². The average Bonchev–Trinajstić information content (AvgIpc) is 2.33. The molecule has 0 aliphatic rings. The fourth-order valence-electron chi connectivity index (χ4n) is 1.13. The van der Waals surface area contributed by atoms with E-state index in [1.807, 2.05) is 36.1 Å². The van der Waals surface area contributed by atoms with Crippen molar-refractivity contribution in [1.29, 1.82) is 0 Å². The molecule has 1 heterocycles. The van der Waals surface area contributed by atoms with Crippen LogP contribution in [-0.4, -0.2) is 9.78 Å². The molecule has 2 rings (SSSR count). The first kappa shape index (κ1) is 6.73. The Labute approximate surface area is 70.2 Å². The van der Waals surface area contributed by atoms with E-state index in [1.54, 1.807) is 0 Å². The van der Waals surface area contributed by atoms with Crippen molar-refractivity contribution in [3.05, 3.63) is 24.4 Å². The number of aryl methyl sites for hydroxylation is 1. The zero-order valence-electron chi connectivity index (χ0n) is 6.15. The van der Waals surface area contributed by atoms with Crippen molar-refractivity contribution in [2.75, 3.05) is 0 Å². The average molecular weight is 164 g/mol. The molecule has 0 amide bonds. The van der Waals surface area contributed by atoms with Crippen LogP contribution in [-0.2, 0) is 7.05 Å². The highest BCUT2D eigenvalue weighted by molar-refractivity contribution is 7.80. The van der Waals surface area contributed by atoms with Crippen LogP contribution >= 0.6 is 12.6 Å². The summed E-state index contributed by atoms with van der Waals surface area (Å²) in [6.07, 6.45) is 1.85. The molecule has 0 radical (unpaired) electrons. The van der Waals surface area contributed by atoms with Gasteiger partial charge < -0.3 is 0 Å². The summed E-state index contributed by atoms with van der Waals surface area (Å²) in [4.78, 5) is 0.973. The van der Waals surface area contributed by atoms with Crippen molar-refractivity contribution in [1.82, 2.24) is 9.78 Å². The van der Waals surface area contributed by atoms with E-state index in [2.05, 4.69) is 17.7 Å². The SMILES string of the molecule is Cn1ncc2ccc(S)cc21. The Balaban J connectivity index is 2.87. The molecule has 2 aromatic rings. The molecular formula is C8H8N2S. The topological polar surface area (TPSA) is 17.8 Å². The fraction of sp³-hybridized carbons (Fsp3) is 0.125. The molecular weight excluding hydrogens is 156 g/mol. The van der Waals surface area contributed by atoms with Gasteiger partial charge in [0.25, 0.3) is 0 Å². The number of rotatable bonds is 0. The summed E-state index contributed by atoms with van der Waals surface area (Å²) >= 11 is 4.24. The molecule has 1 aromatic carbocycles. The van der Waals surface area contributed by atoms with E-state index in [0.717, 1.165) is 15.8 Å².